The maximum atomic E-state index is 12.1. The lowest BCUT2D eigenvalue weighted by atomic mass is 9.49. The Morgan fingerprint density at radius 2 is 1.03 bits per heavy atom. The van der Waals surface area contributed by atoms with Crippen molar-refractivity contribution in [2.75, 3.05) is 0 Å². The molecule has 18 nitrogen and oxygen atoms in total. The first kappa shape index (κ1) is 45.0. The number of nitro benzene ring substituents is 2. The Labute approximate surface area is 369 Å². The van der Waals surface area contributed by atoms with Crippen molar-refractivity contribution in [2.45, 2.75) is 82.7 Å². The maximum absolute atomic E-state index is 12.1. The first-order valence-electron chi connectivity index (χ1n) is 20.2. The Bertz CT molecular complexity index is 2820. The van der Waals surface area contributed by atoms with Crippen LogP contribution < -0.4 is 31.6 Å². The minimum atomic E-state index is -0.978. The van der Waals surface area contributed by atoms with Gasteiger partial charge in [-0.2, -0.15) is 10.2 Å². The highest BCUT2D eigenvalue weighted by atomic mass is 35.5. The molecule has 64 heavy (non-hydrogen) atoms. The van der Waals surface area contributed by atoms with Crippen LogP contribution in [-0.4, -0.2) is 53.8 Å². The van der Waals surface area contributed by atoms with Crippen molar-refractivity contribution in [3.63, 3.8) is 0 Å². The molecule has 2 heterocycles. The van der Waals surface area contributed by atoms with Gasteiger partial charge in [-0.25, -0.2) is 19.8 Å². The Morgan fingerprint density at radius 1 is 0.641 bits per heavy atom. The lowest BCUT2D eigenvalue weighted by Gasteiger charge is -2.57. The molecular formula is C45H45ClN8O10. The number of nitrogens with one attached hydrogen (secondary N) is 3. The highest BCUT2D eigenvalue weighted by Gasteiger charge is 2.54. The lowest BCUT2D eigenvalue weighted by molar-refractivity contribution is -0.385. The number of carbonyl (C=O) groups is 2. The average Bonchev–Trinajstić information content (AvgIpc) is 3.21. The molecule has 2 spiro atoms. The number of aromatic nitrogens is 4. The van der Waals surface area contributed by atoms with E-state index in [9.17, 15) is 39.4 Å². The number of amides is 1. The highest BCUT2D eigenvalue weighted by molar-refractivity contribution is 6.61. The number of hydrogen-bond acceptors (Lipinski definition) is 13. The molecule has 5 N–H and O–H groups in total. The topological polar surface area (TPSA) is 268 Å². The van der Waals surface area contributed by atoms with Gasteiger partial charge in [-0.15, -0.1) is 0 Å². The van der Waals surface area contributed by atoms with E-state index in [1.807, 2.05) is 48.5 Å². The molecule has 4 aromatic carbocycles. The number of rotatable bonds is 7. The zero-order chi connectivity index (χ0) is 44.5. The minimum Gasteiger partial charge on any atom is -0.414 e. The quantitative estimate of drug-likeness (QED) is 0.0666. The van der Waals surface area contributed by atoms with Crippen molar-refractivity contribution in [3.8, 4) is 11.5 Å². The summed E-state index contributed by atoms with van der Waals surface area (Å²) in [7, 11) is 0. The number of carbonyl (C=O) groups excluding carboxylic acids is 2. The molecule has 4 saturated carbocycles. The molecule has 0 atom stereocenters. The third-order valence-electron chi connectivity index (χ3n) is 12.5. The van der Waals surface area contributed by atoms with Crippen molar-refractivity contribution in [2.24, 2.45) is 16.6 Å². The number of nitrogens with two attached hydrogens (primary N) is 1. The summed E-state index contributed by atoms with van der Waals surface area (Å²) < 4.78 is 9.66. The Balaban J connectivity index is 0.000000158. The van der Waals surface area contributed by atoms with Gasteiger partial charge in [-0.3, -0.25) is 29.8 Å². The van der Waals surface area contributed by atoms with Gasteiger partial charge in [0.25, 0.3) is 22.5 Å². The molecule has 332 valence electrons. The van der Waals surface area contributed by atoms with Gasteiger partial charge < -0.3 is 20.5 Å². The van der Waals surface area contributed by atoms with E-state index in [4.69, 9.17) is 22.1 Å². The van der Waals surface area contributed by atoms with E-state index in [1.165, 1.54) is 61.4 Å². The predicted molar refractivity (Wildman–Crippen MR) is 238 cm³/mol. The Hall–Kier alpha value is -7.05. The molecule has 1 amide bonds. The fraction of sp³-hybridized carbons (Fsp3) is 0.333. The smallest absolute Gasteiger partial charge is 0.412 e. The minimum absolute atomic E-state index is 0. The van der Waals surface area contributed by atoms with E-state index in [0.717, 1.165) is 66.1 Å². The van der Waals surface area contributed by atoms with Crippen LogP contribution in [0.25, 0.3) is 21.5 Å². The molecular weight excluding hydrogens is 848 g/mol. The zero-order valence-corrected chi connectivity index (χ0v) is 34.3. The van der Waals surface area contributed by atoms with Gasteiger partial charge in [0.05, 0.1) is 32.0 Å². The second kappa shape index (κ2) is 18.4. The van der Waals surface area contributed by atoms with E-state index < -0.39 is 21.4 Å². The summed E-state index contributed by atoms with van der Waals surface area (Å²) in [5, 5.41) is 40.9. The Morgan fingerprint density at radius 3 is 1.42 bits per heavy atom. The number of aromatic amines is 2. The van der Waals surface area contributed by atoms with Gasteiger partial charge in [0, 0.05) is 70.6 Å². The van der Waals surface area contributed by atoms with E-state index in [-0.39, 0.29) is 52.9 Å². The van der Waals surface area contributed by atoms with Gasteiger partial charge in [0.15, 0.2) is 0 Å². The van der Waals surface area contributed by atoms with Crippen molar-refractivity contribution in [1.82, 2.24) is 25.7 Å². The van der Waals surface area contributed by atoms with Gasteiger partial charge in [0.2, 0.25) is 0 Å². The van der Waals surface area contributed by atoms with Crippen LogP contribution in [0.4, 0.5) is 21.0 Å². The summed E-state index contributed by atoms with van der Waals surface area (Å²) in [6.45, 7) is 0. The summed E-state index contributed by atoms with van der Waals surface area (Å²) in [5.74, 6) is 1.21. The summed E-state index contributed by atoms with van der Waals surface area (Å²) in [4.78, 5) is 65.9. The standard InChI is InChI=1S/C22H20N4O5.C15H17N3O.C7H4ClNO4.CH4/c27-20-18-4-2-1-3-17(18)19(24-25-20)13-9-22(10-13)11-14(12-22)23-21(28)31-16-7-5-15(6-8-16)26(29)30;16-10-7-15(8-10)5-9(6-15)13-11-3-1-2-4-12(11)14(19)18-17-13;8-7(10)13-6-3-1-5(2-4-6)9(11)12;/h1-8,13-14H,9-12H2,(H,23,28)(H,25,27);1-4,9-10H,5-8,16H2,(H,18,19);1-4H;1H4. The molecule has 4 fully saturated rings. The van der Waals surface area contributed by atoms with Crippen LogP contribution in [0, 0.1) is 31.1 Å². The van der Waals surface area contributed by atoms with Gasteiger partial charge >= 0.3 is 11.5 Å². The summed E-state index contributed by atoms with van der Waals surface area (Å²) >= 11 is 4.92. The van der Waals surface area contributed by atoms with Gasteiger partial charge in [0.1, 0.15) is 11.5 Å². The van der Waals surface area contributed by atoms with Crippen LogP contribution in [-0.2, 0) is 0 Å². The van der Waals surface area contributed by atoms with E-state index in [2.05, 4.69) is 30.4 Å². The molecule has 0 aliphatic heterocycles. The second-order valence-electron chi connectivity index (χ2n) is 16.8. The lowest BCUT2D eigenvalue weighted by Crippen LogP contribution is -2.56. The number of hydrogen-bond donors (Lipinski definition) is 4. The number of nitrogens with zero attached hydrogens (tertiary/aromatic N) is 4. The molecule has 0 radical (unpaired) electrons. The zero-order valence-electron chi connectivity index (χ0n) is 33.5. The van der Waals surface area contributed by atoms with Crippen molar-refractivity contribution in [3.05, 3.63) is 149 Å². The fourth-order valence-electron chi connectivity index (χ4n) is 9.73. The number of ether oxygens (including phenoxy) is 2. The highest BCUT2D eigenvalue weighted by Crippen LogP contribution is 2.62. The molecule has 4 aliphatic rings. The summed E-state index contributed by atoms with van der Waals surface area (Å²) in [5.41, 5.74) is 7.20. The molecule has 19 heteroatoms. The largest absolute Gasteiger partial charge is 0.414 e. The fourth-order valence-corrected chi connectivity index (χ4v) is 9.82. The second-order valence-corrected chi connectivity index (χ2v) is 17.1. The van der Waals surface area contributed by atoms with Crippen LogP contribution in [0.15, 0.2) is 107 Å². The molecule has 2 aromatic heterocycles. The maximum Gasteiger partial charge on any atom is 0.412 e. The molecule has 0 saturated heterocycles. The normalized spacial score (nSPS) is 23.5. The van der Waals surface area contributed by atoms with E-state index in [1.54, 1.807) is 0 Å². The molecule has 0 bridgehead atoms. The summed E-state index contributed by atoms with van der Waals surface area (Å²) in [6, 6.07) is 26.1. The number of benzene rings is 4. The van der Waals surface area contributed by atoms with Crippen LogP contribution in [0.1, 0.15) is 82.0 Å². The van der Waals surface area contributed by atoms with E-state index in [0.29, 0.717) is 28.7 Å². The number of nitro groups is 2. The van der Waals surface area contributed by atoms with Gasteiger partial charge in [-0.05, 0) is 98.6 Å². The van der Waals surface area contributed by atoms with E-state index >= 15 is 0 Å². The van der Waals surface area contributed by atoms with Crippen LogP contribution in [0.3, 0.4) is 0 Å². The third-order valence-corrected chi connectivity index (χ3v) is 12.6. The first-order valence-corrected chi connectivity index (χ1v) is 20.6. The third kappa shape index (κ3) is 9.62. The predicted octanol–water partition coefficient (Wildman–Crippen LogP) is 8.52. The van der Waals surface area contributed by atoms with Crippen molar-refractivity contribution in [1.29, 1.82) is 0 Å². The number of H-pyrrole nitrogens is 2. The number of halogens is 1. The Kier molecular flexibility index (Phi) is 12.9. The molecule has 4 aliphatic carbocycles. The van der Waals surface area contributed by atoms with Crippen LogP contribution >= 0.6 is 11.6 Å². The molecule has 0 unspecified atom stereocenters. The average molecular weight is 893 g/mol. The first-order chi connectivity index (χ1) is 30.2. The van der Waals surface area contributed by atoms with Crippen molar-refractivity contribution >= 4 is 56.0 Å². The van der Waals surface area contributed by atoms with Crippen LogP contribution in [0.5, 0.6) is 11.5 Å². The van der Waals surface area contributed by atoms with Gasteiger partial charge in [-0.1, -0.05) is 43.8 Å². The monoisotopic (exact) mass is 892 g/mol. The summed E-state index contributed by atoms with van der Waals surface area (Å²) in [6.07, 6.45) is 7.80. The van der Waals surface area contributed by atoms with Crippen molar-refractivity contribution < 1.29 is 28.9 Å². The number of non-ortho nitro benzene ring substituents is 2. The molecule has 10 rings (SSSR count). The van der Waals surface area contributed by atoms with Crippen LogP contribution in [0.2, 0.25) is 0 Å². The number of fused-ring (bicyclic) bond motifs is 2. The molecule has 6 aromatic rings. The SMILES string of the molecule is C.NC1CC2(C1)CC(c1n[nH]c(=O)c3ccccc13)C2.O=C(Cl)Oc1ccc([N+](=O)[O-])cc1.O=C(NC1CC2(C1)CC(c1n[nH]c(=O)c3ccccc13)C2)Oc1ccc([N+](=O)[O-])cc1.